The van der Waals surface area contributed by atoms with E-state index in [1.165, 1.54) is 0 Å². The van der Waals surface area contributed by atoms with E-state index in [1.807, 2.05) is 63.1 Å². The average Bonchev–Trinajstić information content (AvgIpc) is 3.37. The molecule has 5 heteroatoms. The molecule has 1 heterocycles. The van der Waals surface area contributed by atoms with Crippen LogP contribution in [0, 0.1) is 63.7 Å². The van der Waals surface area contributed by atoms with E-state index in [9.17, 15) is 4.79 Å². The van der Waals surface area contributed by atoms with Gasteiger partial charge in [-0.3, -0.25) is 9.78 Å². The van der Waals surface area contributed by atoms with Crippen molar-refractivity contribution in [2.75, 3.05) is 12.4 Å². The van der Waals surface area contributed by atoms with E-state index in [2.05, 4.69) is 10.3 Å². The maximum absolute atomic E-state index is 12.1. The van der Waals surface area contributed by atoms with Gasteiger partial charge in [-0.15, -0.1) is 0 Å². The van der Waals surface area contributed by atoms with Gasteiger partial charge >= 0.3 is 17.1 Å². The summed E-state index contributed by atoms with van der Waals surface area (Å²) in [6.45, 7) is 0. The molecular formula is C21H18FeN2O2+2. The van der Waals surface area contributed by atoms with Gasteiger partial charge in [0.2, 0.25) is 5.91 Å². The minimum Gasteiger partial charge on any atom is -0.497 e. The monoisotopic (exact) mass is 386 g/mol. The predicted octanol–water partition coefficient (Wildman–Crippen LogP) is 3.61. The summed E-state index contributed by atoms with van der Waals surface area (Å²) in [7, 11) is 1.60. The van der Waals surface area contributed by atoms with Crippen molar-refractivity contribution in [3.05, 3.63) is 94.2 Å². The number of aromatic nitrogens is 1. The Kier molecular flexibility index (Phi) is 8.40. The Labute approximate surface area is 166 Å². The van der Waals surface area contributed by atoms with E-state index >= 15 is 0 Å². The Morgan fingerprint density at radius 2 is 1.65 bits per heavy atom. The first-order chi connectivity index (χ1) is 12.3. The zero-order chi connectivity index (χ0) is 17.5. The first-order valence-corrected chi connectivity index (χ1v) is 7.90. The van der Waals surface area contributed by atoms with E-state index in [0.29, 0.717) is 17.4 Å². The summed E-state index contributed by atoms with van der Waals surface area (Å²) in [4.78, 5) is 16.5. The molecule has 2 fully saturated rings. The van der Waals surface area contributed by atoms with Crippen LogP contribution in [0.4, 0.5) is 5.69 Å². The molecule has 10 radical (unpaired) electrons. The first kappa shape index (κ1) is 20.7. The average molecular weight is 386 g/mol. The third-order valence-corrected chi connectivity index (χ3v) is 3.64. The smallest absolute Gasteiger partial charge is 0.497 e. The van der Waals surface area contributed by atoms with Crippen LogP contribution in [0.25, 0.3) is 10.9 Å². The van der Waals surface area contributed by atoms with E-state index in [-0.39, 0.29) is 23.0 Å². The number of hydrogen-bond acceptors (Lipinski definition) is 3. The summed E-state index contributed by atoms with van der Waals surface area (Å²) in [6, 6.07) is 7.45. The van der Waals surface area contributed by atoms with E-state index in [1.54, 1.807) is 32.2 Å². The molecule has 2 aliphatic rings. The van der Waals surface area contributed by atoms with Gasteiger partial charge in [0, 0.05) is 17.6 Å². The van der Waals surface area contributed by atoms with Gasteiger partial charge in [0.25, 0.3) is 0 Å². The molecule has 0 atom stereocenters. The van der Waals surface area contributed by atoms with Crippen LogP contribution in [0.2, 0.25) is 0 Å². The number of carbonyl (C=O) groups excluding carboxylic acids is 1. The molecule has 26 heavy (non-hydrogen) atoms. The van der Waals surface area contributed by atoms with Crippen LogP contribution in [0.1, 0.15) is 0 Å². The SMILES string of the molecule is COc1cc(NC(=O)[C]2[CH][CH][CH][CH]2)c2ncccc2c1.[CH]1[CH][CH][CH][CH]1.[Fe+2]. The first-order valence-electron chi connectivity index (χ1n) is 7.90. The minimum absolute atomic E-state index is 0. The maximum atomic E-state index is 12.1. The topological polar surface area (TPSA) is 51.2 Å². The van der Waals surface area contributed by atoms with Gasteiger partial charge in [-0.1, -0.05) is 6.07 Å². The molecule has 1 N–H and O–H groups in total. The van der Waals surface area contributed by atoms with Gasteiger partial charge in [-0.2, -0.15) is 0 Å². The van der Waals surface area contributed by atoms with Gasteiger partial charge in [0.1, 0.15) is 5.75 Å². The third kappa shape index (κ3) is 5.46. The fraction of sp³-hybridized carbons (Fsp3) is 0.0476. The molecule has 130 valence electrons. The third-order valence-electron chi connectivity index (χ3n) is 3.64. The summed E-state index contributed by atoms with van der Waals surface area (Å²) in [5, 5.41) is 3.80. The van der Waals surface area contributed by atoms with Crippen LogP contribution in [0.5, 0.6) is 5.75 Å². The summed E-state index contributed by atoms with van der Waals surface area (Å²) in [6.07, 6.45) is 18.9. The van der Waals surface area contributed by atoms with Crippen LogP contribution in [0.3, 0.4) is 0 Å². The van der Waals surface area contributed by atoms with Crippen molar-refractivity contribution in [2.45, 2.75) is 0 Å². The van der Waals surface area contributed by atoms with Crippen molar-refractivity contribution < 1.29 is 26.6 Å². The fourth-order valence-corrected chi connectivity index (χ4v) is 2.42. The van der Waals surface area contributed by atoms with Crippen molar-refractivity contribution in [3.63, 3.8) is 0 Å². The molecule has 2 aliphatic carbocycles. The second-order valence-corrected chi connectivity index (χ2v) is 5.34. The summed E-state index contributed by atoms with van der Waals surface area (Å²) in [5.41, 5.74) is 1.39. The molecule has 0 unspecified atom stereocenters. The van der Waals surface area contributed by atoms with E-state index in [4.69, 9.17) is 4.74 Å². The summed E-state index contributed by atoms with van der Waals surface area (Å²) < 4.78 is 5.26. The van der Waals surface area contributed by atoms with Crippen molar-refractivity contribution in [2.24, 2.45) is 0 Å². The Morgan fingerprint density at radius 3 is 2.27 bits per heavy atom. The van der Waals surface area contributed by atoms with E-state index in [0.717, 1.165) is 10.9 Å². The Hall–Kier alpha value is -1.58. The Bertz CT molecular complexity index is 703. The standard InChI is InChI=1S/C16H13N2O2.C5H5.Fe/c1-20-13-9-12-7-4-8-17-15(12)14(10-13)18-16(19)11-5-2-3-6-11;1-2-4-5-3-1;/h2-10H,1H3,(H,18,19);1-5H;/q;;+2. The van der Waals surface area contributed by atoms with Crippen molar-refractivity contribution in [3.8, 4) is 5.75 Å². The molecule has 4 rings (SSSR count). The van der Waals surface area contributed by atoms with Crippen molar-refractivity contribution in [1.82, 2.24) is 4.98 Å². The van der Waals surface area contributed by atoms with Gasteiger partial charge < -0.3 is 10.1 Å². The maximum Gasteiger partial charge on any atom is 2.00 e. The molecule has 0 spiro atoms. The molecule has 1 aromatic heterocycles. The van der Waals surface area contributed by atoms with Gasteiger partial charge in [0.15, 0.2) is 0 Å². The molecule has 0 aliphatic heterocycles. The van der Waals surface area contributed by atoms with E-state index < -0.39 is 0 Å². The van der Waals surface area contributed by atoms with Gasteiger partial charge in [-0.25, -0.2) is 0 Å². The van der Waals surface area contributed by atoms with Gasteiger partial charge in [-0.05, 0) is 69.9 Å². The second-order valence-electron chi connectivity index (χ2n) is 5.34. The minimum atomic E-state index is -0.157. The summed E-state index contributed by atoms with van der Waals surface area (Å²) in [5.74, 6) is 1.15. The predicted molar refractivity (Wildman–Crippen MR) is 98.9 cm³/mol. The number of methoxy groups -OCH3 is 1. The van der Waals surface area contributed by atoms with Crippen LogP contribution in [-0.4, -0.2) is 18.0 Å². The molecule has 4 nitrogen and oxygen atoms in total. The zero-order valence-electron chi connectivity index (χ0n) is 14.2. The molecule has 1 amide bonds. The number of benzene rings is 1. The van der Waals surface area contributed by atoms with Crippen LogP contribution < -0.4 is 10.1 Å². The van der Waals surface area contributed by atoms with Crippen LogP contribution >= 0.6 is 0 Å². The molecule has 2 aromatic rings. The number of hydrogen-bond donors (Lipinski definition) is 1. The Balaban J connectivity index is 0.000000351. The number of pyridine rings is 1. The Morgan fingerprint density at radius 1 is 1.00 bits per heavy atom. The van der Waals surface area contributed by atoms with Crippen LogP contribution in [0.15, 0.2) is 30.5 Å². The largest absolute Gasteiger partial charge is 2.00 e. The molecular weight excluding hydrogens is 368 g/mol. The van der Waals surface area contributed by atoms with Gasteiger partial charge in [0.05, 0.1) is 24.2 Å². The van der Waals surface area contributed by atoms with Crippen molar-refractivity contribution in [1.29, 1.82) is 0 Å². The zero-order valence-corrected chi connectivity index (χ0v) is 15.3. The number of amides is 1. The number of anilines is 1. The second kappa shape index (κ2) is 10.5. The number of rotatable bonds is 3. The fourth-order valence-electron chi connectivity index (χ4n) is 2.42. The number of fused-ring (bicyclic) bond motifs is 1. The normalized spacial score (nSPS) is 16.5. The van der Waals surface area contributed by atoms with Crippen molar-refractivity contribution >= 4 is 22.5 Å². The number of nitrogens with zero attached hydrogens (tertiary/aromatic N) is 1. The quantitative estimate of drug-likeness (QED) is 0.821. The van der Waals surface area contributed by atoms with Crippen LogP contribution in [-0.2, 0) is 21.9 Å². The summed E-state index contributed by atoms with van der Waals surface area (Å²) >= 11 is 0. The molecule has 0 saturated heterocycles. The number of ether oxygens (including phenoxy) is 1. The number of nitrogens with one attached hydrogen (secondary N) is 1. The number of carbonyl (C=O) groups is 1. The molecule has 1 aromatic carbocycles. The molecule has 2 saturated carbocycles. The molecule has 0 bridgehead atoms.